The summed E-state index contributed by atoms with van der Waals surface area (Å²) in [5, 5.41) is 3.37. The largest absolute Gasteiger partial charge is 0.398 e. The minimum Gasteiger partial charge on any atom is -0.398 e. The summed E-state index contributed by atoms with van der Waals surface area (Å²) in [7, 11) is -3.24. The van der Waals surface area contributed by atoms with Gasteiger partial charge in [-0.05, 0) is 56.0 Å². The predicted molar refractivity (Wildman–Crippen MR) is 73.3 cm³/mol. The summed E-state index contributed by atoms with van der Waals surface area (Å²) in [6.45, 7) is 2.10. The third-order valence-electron chi connectivity index (χ3n) is 3.40. The number of nitrogen functional groups attached to an aromatic ring is 1. The number of sulfone groups is 1. The van der Waals surface area contributed by atoms with Gasteiger partial charge in [0.2, 0.25) is 0 Å². The summed E-state index contributed by atoms with van der Waals surface area (Å²) in [6, 6.07) is 5.35. The SMILES string of the molecule is CS(=O)(=O)c1cc(CC2CCCNC2)ccc1N. The molecule has 0 spiro atoms. The first-order valence-corrected chi connectivity index (χ1v) is 8.15. The van der Waals surface area contributed by atoms with Crippen LogP contribution in [0.15, 0.2) is 23.1 Å². The van der Waals surface area contributed by atoms with Crippen molar-refractivity contribution in [1.29, 1.82) is 0 Å². The van der Waals surface area contributed by atoms with Gasteiger partial charge in [0.05, 0.1) is 10.6 Å². The molecule has 1 aliphatic heterocycles. The number of nitrogens with two attached hydrogens (primary N) is 1. The van der Waals surface area contributed by atoms with Gasteiger partial charge in [-0.1, -0.05) is 6.07 Å². The van der Waals surface area contributed by atoms with Crippen molar-refractivity contribution in [3.8, 4) is 0 Å². The molecule has 0 radical (unpaired) electrons. The van der Waals surface area contributed by atoms with Crippen LogP contribution in [0.5, 0.6) is 0 Å². The molecule has 1 aromatic carbocycles. The smallest absolute Gasteiger partial charge is 0.177 e. The average molecular weight is 268 g/mol. The van der Waals surface area contributed by atoms with E-state index in [0.717, 1.165) is 25.1 Å². The maximum atomic E-state index is 11.6. The number of nitrogens with one attached hydrogen (secondary N) is 1. The predicted octanol–water partition coefficient (Wildman–Crippen LogP) is 1.21. The topological polar surface area (TPSA) is 72.2 Å². The van der Waals surface area contributed by atoms with Gasteiger partial charge in [0.1, 0.15) is 0 Å². The van der Waals surface area contributed by atoms with Crippen molar-refractivity contribution in [3.05, 3.63) is 23.8 Å². The molecule has 1 aliphatic rings. The summed E-state index contributed by atoms with van der Waals surface area (Å²) in [5.41, 5.74) is 7.11. The molecule has 0 aliphatic carbocycles. The van der Waals surface area contributed by atoms with Gasteiger partial charge in [0.25, 0.3) is 0 Å². The molecule has 1 unspecified atom stereocenters. The van der Waals surface area contributed by atoms with Crippen molar-refractivity contribution in [2.24, 2.45) is 5.92 Å². The Kier molecular flexibility index (Phi) is 3.92. The van der Waals surface area contributed by atoms with Crippen molar-refractivity contribution in [2.45, 2.75) is 24.2 Å². The normalized spacial score (nSPS) is 20.8. The molecule has 4 nitrogen and oxygen atoms in total. The van der Waals surface area contributed by atoms with Crippen molar-refractivity contribution >= 4 is 15.5 Å². The summed E-state index contributed by atoms with van der Waals surface area (Å²) in [4.78, 5) is 0.253. The zero-order valence-electron chi connectivity index (χ0n) is 10.6. The van der Waals surface area contributed by atoms with Gasteiger partial charge in [-0.15, -0.1) is 0 Å². The van der Waals surface area contributed by atoms with E-state index in [2.05, 4.69) is 5.32 Å². The first kappa shape index (κ1) is 13.4. The van der Waals surface area contributed by atoms with E-state index in [4.69, 9.17) is 5.73 Å². The molecule has 0 amide bonds. The van der Waals surface area contributed by atoms with Gasteiger partial charge in [-0.2, -0.15) is 0 Å². The van der Waals surface area contributed by atoms with Crippen molar-refractivity contribution < 1.29 is 8.42 Å². The van der Waals surface area contributed by atoms with Crippen LogP contribution in [0, 0.1) is 5.92 Å². The Morgan fingerprint density at radius 2 is 2.22 bits per heavy atom. The molecular weight excluding hydrogens is 248 g/mol. The van der Waals surface area contributed by atoms with Gasteiger partial charge in [0, 0.05) is 6.26 Å². The summed E-state index contributed by atoms with van der Waals surface area (Å²) in [6.07, 6.45) is 4.50. The van der Waals surface area contributed by atoms with E-state index < -0.39 is 9.84 Å². The molecular formula is C13H20N2O2S. The van der Waals surface area contributed by atoms with Crippen LogP contribution in [0.2, 0.25) is 0 Å². The van der Waals surface area contributed by atoms with E-state index in [0.29, 0.717) is 11.6 Å². The molecule has 0 aromatic heterocycles. The van der Waals surface area contributed by atoms with Gasteiger partial charge in [0.15, 0.2) is 9.84 Å². The Labute approximate surface area is 108 Å². The first-order chi connectivity index (χ1) is 8.47. The highest BCUT2D eigenvalue weighted by atomic mass is 32.2. The lowest BCUT2D eigenvalue weighted by Crippen LogP contribution is -2.30. The van der Waals surface area contributed by atoms with Crippen LogP contribution in [0.4, 0.5) is 5.69 Å². The van der Waals surface area contributed by atoms with Crippen LogP contribution in [0.3, 0.4) is 0 Å². The lowest BCUT2D eigenvalue weighted by Gasteiger charge is -2.23. The number of benzene rings is 1. The van der Waals surface area contributed by atoms with E-state index >= 15 is 0 Å². The lowest BCUT2D eigenvalue weighted by atomic mass is 9.92. The van der Waals surface area contributed by atoms with E-state index in [9.17, 15) is 8.42 Å². The Balaban J connectivity index is 2.19. The molecule has 0 saturated carbocycles. The van der Waals surface area contributed by atoms with Gasteiger partial charge in [-0.3, -0.25) is 0 Å². The molecule has 1 saturated heterocycles. The maximum absolute atomic E-state index is 11.6. The lowest BCUT2D eigenvalue weighted by molar-refractivity contribution is 0.376. The second-order valence-electron chi connectivity index (χ2n) is 5.06. The fourth-order valence-electron chi connectivity index (χ4n) is 2.46. The standard InChI is InChI=1S/C13H20N2O2S/c1-18(16,17)13-8-10(4-5-12(13)14)7-11-3-2-6-15-9-11/h4-5,8,11,15H,2-3,6-7,9,14H2,1H3. The number of rotatable bonds is 3. The summed E-state index contributed by atoms with van der Waals surface area (Å²) >= 11 is 0. The second-order valence-corrected chi connectivity index (χ2v) is 7.05. The van der Waals surface area contributed by atoms with Gasteiger partial charge >= 0.3 is 0 Å². The van der Waals surface area contributed by atoms with Gasteiger partial charge in [-0.25, -0.2) is 8.42 Å². The molecule has 2 rings (SSSR count). The van der Waals surface area contributed by atoms with Crippen molar-refractivity contribution in [1.82, 2.24) is 5.32 Å². The van der Waals surface area contributed by atoms with Crippen molar-refractivity contribution in [2.75, 3.05) is 25.1 Å². The highest BCUT2D eigenvalue weighted by Gasteiger charge is 2.16. The maximum Gasteiger partial charge on any atom is 0.177 e. The molecule has 5 heteroatoms. The number of hydrogen-bond acceptors (Lipinski definition) is 4. The third-order valence-corrected chi connectivity index (χ3v) is 4.55. The Morgan fingerprint density at radius 1 is 1.44 bits per heavy atom. The Morgan fingerprint density at radius 3 is 2.83 bits per heavy atom. The van der Waals surface area contributed by atoms with Crippen LogP contribution >= 0.6 is 0 Å². The highest BCUT2D eigenvalue weighted by Crippen LogP contribution is 2.23. The zero-order chi connectivity index (χ0) is 13.2. The van der Waals surface area contributed by atoms with E-state index in [1.807, 2.05) is 6.07 Å². The molecule has 100 valence electrons. The quantitative estimate of drug-likeness (QED) is 0.808. The highest BCUT2D eigenvalue weighted by molar-refractivity contribution is 7.90. The number of anilines is 1. The van der Waals surface area contributed by atoms with E-state index in [1.54, 1.807) is 12.1 Å². The molecule has 1 aromatic rings. The molecule has 1 heterocycles. The fourth-order valence-corrected chi connectivity index (χ4v) is 3.32. The third kappa shape index (κ3) is 3.23. The van der Waals surface area contributed by atoms with Crippen LogP contribution in [0.25, 0.3) is 0 Å². The van der Waals surface area contributed by atoms with Crippen molar-refractivity contribution in [3.63, 3.8) is 0 Å². The van der Waals surface area contributed by atoms with Gasteiger partial charge < -0.3 is 11.1 Å². The Bertz CT molecular complexity index is 520. The van der Waals surface area contributed by atoms with Crippen LogP contribution in [-0.4, -0.2) is 27.8 Å². The van der Waals surface area contributed by atoms with Crippen LogP contribution in [-0.2, 0) is 16.3 Å². The molecule has 1 fully saturated rings. The average Bonchev–Trinajstić information content (AvgIpc) is 2.31. The minimum atomic E-state index is -3.24. The molecule has 18 heavy (non-hydrogen) atoms. The molecule has 3 N–H and O–H groups in total. The first-order valence-electron chi connectivity index (χ1n) is 6.26. The van der Waals surface area contributed by atoms with Crippen LogP contribution in [0.1, 0.15) is 18.4 Å². The number of piperidine rings is 1. The Hall–Kier alpha value is -1.07. The summed E-state index contributed by atoms with van der Waals surface area (Å²) in [5.74, 6) is 0.592. The van der Waals surface area contributed by atoms with E-state index in [-0.39, 0.29) is 4.90 Å². The number of hydrogen-bond donors (Lipinski definition) is 2. The van der Waals surface area contributed by atoms with E-state index in [1.165, 1.54) is 19.1 Å². The van der Waals surface area contributed by atoms with Crippen LogP contribution < -0.4 is 11.1 Å². The molecule has 1 atom stereocenters. The monoisotopic (exact) mass is 268 g/mol. The minimum absolute atomic E-state index is 0.253. The zero-order valence-corrected chi connectivity index (χ0v) is 11.5. The summed E-state index contributed by atoms with van der Waals surface area (Å²) < 4.78 is 23.2. The second kappa shape index (κ2) is 5.28. The molecule has 0 bridgehead atoms. The fraction of sp³-hybridized carbons (Fsp3) is 0.538.